The lowest BCUT2D eigenvalue weighted by molar-refractivity contribution is -0.120. The first-order chi connectivity index (χ1) is 5.10. The van der Waals surface area contributed by atoms with Gasteiger partial charge in [0.15, 0.2) is 0 Å². The van der Waals surface area contributed by atoms with E-state index in [1.54, 1.807) is 0 Å². The van der Waals surface area contributed by atoms with Crippen molar-refractivity contribution in [3.05, 3.63) is 0 Å². The van der Waals surface area contributed by atoms with Gasteiger partial charge in [-0.15, -0.1) is 4.99 Å². The zero-order chi connectivity index (χ0) is 8.91. The lowest BCUT2D eigenvalue weighted by atomic mass is 10.0. The molecule has 0 aliphatic carbocycles. The molecule has 0 aromatic heterocycles. The molecule has 0 N–H and O–H groups in total. The monoisotopic (exact) mass is 219 g/mol. The number of hydrogen-bond acceptors (Lipinski definition) is 2. The van der Waals surface area contributed by atoms with Gasteiger partial charge in [-0.2, -0.15) is 0 Å². The van der Waals surface area contributed by atoms with E-state index in [-0.39, 0.29) is 0 Å². The summed E-state index contributed by atoms with van der Waals surface area (Å²) in [5.41, 5.74) is 0. The van der Waals surface area contributed by atoms with Gasteiger partial charge in [0, 0.05) is 0 Å². The highest BCUT2D eigenvalue weighted by molar-refractivity contribution is 9.10. The Morgan fingerprint density at radius 3 is 2.27 bits per heavy atom. The molecule has 0 fully saturated rings. The second kappa shape index (κ2) is 4.42. The fraction of sp³-hybridized carbons (Fsp3) is 0.714. The maximum atomic E-state index is 11.1. The molecule has 0 heterocycles. The van der Waals surface area contributed by atoms with Crippen LogP contribution >= 0.6 is 15.9 Å². The van der Waals surface area contributed by atoms with Crippen molar-refractivity contribution in [2.24, 2.45) is 4.99 Å². The zero-order valence-electron chi connectivity index (χ0n) is 6.56. The Bertz CT molecular complexity index is 193. The Labute approximate surface area is 74.0 Å². The van der Waals surface area contributed by atoms with E-state index in [0.717, 1.165) is 0 Å². The quantitative estimate of drug-likeness (QED) is 0.413. The maximum absolute atomic E-state index is 11.1. The molecule has 11 heavy (non-hydrogen) atoms. The topological polar surface area (TPSA) is 46.5 Å². The minimum absolute atomic E-state index is 0.447. The summed E-state index contributed by atoms with van der Waals surface area (Å²) in [5, 5.41) is 0. The molecule has 0 atom stereocenters. The second-order valence-corrected chi connectivity index (χ2v) is 3.70. The fourth-order valence-corrected chi connectivity index (χ4v) is 0.783. The molecule has 0 aliphatic heterocycles. The maximum Gasteiger partial charge on any atom is 0.273 e. The largest absolute Gasteiger partial charge is 0.273 e. The molecule has 0 radical (unpaired) electrons. The number of rotatable bonds is 3. The summed E-state index contributed by atoms with van der Waals surface area (Å²) in [6, 6.07) is 0. The molecule has 0 rings (SSSR count). The predicted octanol–water partition coefficient (Wildman–Crippen LogP) is 1.80. The van der Waals surface area contributed by atoms with Crippen molar-refractivity contribution in [2.45, 2.75) is 31.0 Å². The van der Waals surface area contributed by atoms with E-state index in [1.807, 2.05) is 13.8 Å². The molecule has 0 aromatic rings. The van der Waals surface area contributed by atoms with Crippen molar-refractivity contribution >= 4 is 27.9 Å². The zero-order valence-corrected chi connectivity index (χ0v) is 8.14. The van der Waals surface area contributed by atoms with Gasteiger partial charge in [-0.25, -0.2) is 4.79 Å². The standard InChI is InChI=1S/C7H10BrNO2/c1-3-7(8,4-2)6(11)9-5-10/h3-4H2,1-2H3. The first-order valence-electron chi connectivity index (χ1n) is 3.42. The van der Waals surface area contributed by atoms with Crippen LogP contribution in [0.3, 0.4) is 0 Å². The van der Waals surface area contributed by atoms with Gasteiger partial charge in [-0.05, 0) is 12.8 Å². The van der Waals surface area contributed by atoms with E-state index < -0.39 is 10.2 Å². The average molecular weight is 220 g/mol. The SMILES string of the molecule is CCC(Br)(CC)C(=O)N=C=O. The molecule has 0 aliphatic rings. The molecule has 0 saturated heterocycles. The van der Waals surface area contributed by atoms with Crippen molar-refractivity contribution in [2.75, 3.05) is 0 Å². The summed E-state index contributed by atoms with van der Waals surface area (Å²) >= 11 is 3.23. The second-order valence-electron chi connectivity index (χ2n) is 2.18. The van der Waals surface area contributed by atoms with Crippen LogP contribution < -0.4 is 0 Å². The highest BCUT2D eigenvalue weighted by Crippen LogP contribution is 2.27. The summed E-state index contributed by atoms with van der Waals surface area (Å²) in [6.07, 6.45) is 2.47. The molecule has 0 saturated carbocycles. The van der Waals surface area contributed by atoms with Crippen LogP contribution in [0, 0.1) is 0 Å². The molecular weight excluding hydrogens is 210 g/mol. The number of halogens is 1. The average Bonchev–Trinajstić information content (AvgIpc) is 2.03. The van der Waals surface area contributed by atoms with Gasteiger partial charge in [-0.1, -0.05) is 29.8 Å². The van der Waals surface area contributed by atoms with Crippen LogP contribution in [0.5, 0.6) is 0 Å². The normalized spacial score (nSPS) is 10.5. The number of hydrogen-bond donors (Lipinski definition) is 0. The molecule has 0 unspecified atom stereocenters. The van der Waals surface area contributed by atoms with E-state index in [2.05, 4.69) is 20.9 Å². The molecule has 62 valence electrons. The van der Waals surface area contributed by atoms with Gasteiger partial charge >= 0.3 is 0 Å². The van der Waals surface area contributed by atoms with Crippen LogP contribution in [0.2, 0.25) is 0 Å². The summed E-state index contributed by atoms with van der Waals surface area (Å²) in [4.78, 5) is 23.9. The summed E-state index contributed by atoms with van der Waals surface area (Å²) in [5.74, 6) is -0.447. The number of aliphatic imine (C=N–C) groups is 1. The van der Waals surface area contributed by atoms with Gasteiger partial charge in [0.25, 0.3) is 5.91 Å². The van der Waals surface area contributed by atoms with Crippen LogP contribution in [-0.2, 0) is 9.59 Å². The number of isocyanates is 1. The summed E-state index contributed by atoms with van der Waals surface area (Å²) < 4.78 is -0.662. The number of amides is 1. The highest BCUT2D eigenvalue weighted by Gasteiger charge is 2.31. The Kier molecular flexibility index (Phi) is 4.23. The molecule has 3 nitrogen and oxygen atoms in total. The molecule has 0 bridgehead atoms. The highest BCUT2D eigenvalue weighted by atomic mass is 79.9. The van der Waals surface area contributed by atoms with Crippen LogP contribution in [0.15, 0.2) is 4.99 Å². The minimum atomic E-state index is -0.662. The lowest BCUT2D eigenvalue weighted by Gasteiger charge is -2.18. The van der Waals surface area contributed by atoms with Crippen molar-refractivity contribution in [3.63, 3.8) is 0 Å². The Morgan fingerprint density at radius 1 is 1.55 bits per heavy atom. The minimum Gasteiger partial charge on any atom is -0.270 e. The molecule has 0 spiro atoms. The third kappa shape index (κ3) is 2.56. The van der Waals surface area contributed by atoms with Crippen molar-refractivity contribution in [1.29, 1.82) is 0 Å². The summed E-state index contributed by atoms with van der Waals surface area (Å²) in [6.45, 7) is 3.72. The predicted molar refractivity (Wildman–Crippen MR) is 45.4 cm³/mol. The van der Waals surface area contributed by atoms with E-state index >= 15 is 0 Å². The smallest absolute Gasteiger partial charge is 0.270 e. The first-order valence-corrected chi connectivity index (χ1v) is 4.21. The van der Waals surface area contributed by atoms with Crippen molar-refractivity contribution in [1.82, 2.24) is 0 Å². The Balaban J connectivity index is 4.49. The number of carbonyl (C=O) groups is 1. The third-order valence-electron chi connectivity index (χ3n) is 1.65. The van der Waals surface area contributed by atoms with Crippen molar-refractivity contribution in [3.8, 4) is 0 Å². The number of carbonyl (C=O) groups excluding carboxylic acids is 2. The van der Waals surface area contributed by atoms with Gasteiger partial charge in [0.05, 0.1) is 0 Å². The third-order valence-corrected chi connectivity index (χ3v) is 3.11. The van der Waals surface area contributed by atoms with E-state index in [4.69, 9.17) is 0 Å². The van der Waals surface area contributed by atoms with E-state index in [0.29, 0.717) is 12.8 Å². The van der Waals surface area contributed by atoms with Gasteiger partial charge in [-0.3, -0.25) is 4.79 Å². The first kappa shape index (κ1) is 10.5. The van der Waals surface area contributed by atoms with Gasteiger partial charge in [0.1, 0.15) is 4.32 Å². The van der Waals surface area contributed by atoms with Crippen LogP contribution in [0.1, 0.15) is 26.7 Å². The molecule has 1 amide bonds. The van der Waals surface area contributed by atoms with Gasteiger partial charge < -0.3 is 0 Å². The molecular formula is C7H10BrNO2. The van der Waals surface area contributed by atoms with Gasteiger partial charge in [0.2, 0.25) is 6.08 Å². The molecule has 4 heteroatoms. The summed E-state index contributed by atoms with van der Waals surface area (Å²) in [7, 11) is 0. The number of nitrogens with zero attached hydrogens (tertiary/aromatic N) is 1. The Morgan fingerprint density at radius 2 is 2.00 bits per heavy atom. The number of alkyl halides is 1. The van der Waals surface area contributed by atoms with Crippen LogP contribution in [-0.4, -0.2) is 16.3 Å². The molecule has 0 aromatic carbocycles. The lowest BCUT2D eigenvalue weighted by Crippen LogP contribution is -2.28. The fourth-order valence-electron chi connectivity index (χ4n) is 0.694. The Hall–Kier alpha value is -0.470. The van der Waals surface area contributed by atoms with Crippen molar-refractivity contribution < 1.29 is 9.59 Å². The van der Waals surface area contributed by atoms with Crippen LogP contribution in [0.4, 0.5) is 0 Å². The van der Waals surface area contributed by atoms with E-state index in [9.17, 15) is 9.59 Å². The van der Waals surface area contributed by atoms with Crippen LogP contribution in [0.25, 0.3) is 0 Å². The van der Waals surface area contributed by atoms with E-state index in [1.165, 1.54) is 6.08 Å².